The van der Waals surface area contributed by atoms with Gasteiger partial charge >= 0.3 is 5.97 Å². The Morgan fingerprint density at radius 1 is 1.53 bits per heavy atom. The average Bonchev–Trinajstić information content (AvgIpc) is 2.28. The van der Waals surface area contributed by atoms with Crippen molar-refractivity contribution in [2.75, 3.05) is 19.5 Å². The highest BCUT2D eigenvalue weighted by atomic mass is 35.5. The summed E-state index contributed by atoms with van der Waals surface area (Å²) >= 11 is 5.98. The van der Waals surface area contributed by atoms with E-state index >= 15 is 0 Å². The minimum Gasteiger partial charge on any atom is -0.495 e. The molecular weight excluding hydrogens is 242 g/mol. The van der Waals surface area contributed by atoms with E-state index in [1.807, 2.05) is 0 Å². The van der Waals surface area contributed by atoms with E-state index in [4.69, 9.17) is 26.8 Å². The van der Waals surface area contributed by atoms with E-state index in [2.05, 4.69) is 0 Å². The highest BCUT2D eigenvalue weighted by molar-refractivity contribution is 6.32. The molecule has 0 saturated heterocycles. The van der Waals surface area contributed by atoms with Gasteiger partial charge in [0.05, 0.1) is 24.4 Å². The van der Waals surface area contributed by atoms with Gasteiger partial charge in [-0.05, 0) is 30.7 Å². The molecule has 0 aliphatic heterocycles. The SMILES string of the molecule is CCOC(=O)C=Cc1cc(OC)c(N)cc1Cl. The summed E-state index contributed by atoms with van der Waals surface area (Å²) < 4.78 is 9.82. The number of methoxy groups -OCH3 is 1. The van der Waals surface area contributed by atoms with Crippen LogP contribution in [0.3, 0.4) is 0 Å². The lowest BCUT2D eigenvalue weighted by atomic mass is 10.1. The van der Waals surface area contributed by atoms with Gasteiger partial charge in [0, 0.05) is 6.08 Å². The van der Waals surface area contributed by atoms with Gasteiger partial charge in [-0.1, -0.05) is 11.6 Å². The minimum absolute atomic E-state index is 0.335. The van der Waals surface area contributed by atoms with Crippen LogP contribution in [-0.4, -0.2) is 19.7 Å². The zero-order valence-corrected chi connectivity index (χ0v) is 10.5. The van der Waals surface area contributed by atoms with E-state index in [9.17, 15) is 4.79 Å². The summed E-state index contributed by atoms with van der Waals surface area (Å²) in [4.78, 5) is 11.1. The van der Waals surface area contributed by atoms with Crippen LogP contribution in [0.5, 0.6) is 5.75 Å². The number of carbonyl (C=O) groups is 1. The molecule has 0 unspecified atom stereocenters. The van der Waals surface area contributed by atoms with Crippen molar-refractivity contribution < 1.29 is 14.3 Å². The molecule has 0 spiro atoms. The number of rotatable bonds is 4. The highest BCUT2D eigenvalue weighted by Crippen LogP contribution is 2.29. The fourth-order valence-electron chi connectivity index (χ4n) is 1.24. The molecule has 4 nitrogen and oxygen atoms in total. The van der Waals surface area contributed by atoms with E-state index < -0.39 is 5.97 Å². The molecule has 0 saturated carbocycles. The first kappa shape index (κ1) is 13.4. The van der Waals surface area contributed by atoms with Crippen LogP contribution in [0.15, 0.2) is 18.2 Å². The molecule has 0 amide bonds. The second-order valence-corrected chi connectivity index (χ2v) is 3.61. The molecule has 1 aromatic carbocycles. The molecule has 0 aliphatic carbocycles. The van der Waals surface area contributed by atoms with Gasteiger partial charge in [0.1, 0.15) is 5.75 Å². The zero-order chi connectivity index (χ0) is 12.8. The maximum atomic E-state index is 11.1. The van der Waals surface area contributed by atoms with Crippen LogP contribution in [-0.2, 0) is 9.53 Å². The Balaban J connectivity index is 2.94. The molecule has 0 radical (unpaired) electrons. The van der Waals surface area contributed by atoms with Crippen molar-refractivity contribution >= 4 is 29.3 Å². The fourth-order valence-corrected chi connectivity index (χ4v) is 1.47. The van der Waals surface area contributed by atoms with Gasteiger partial charge in [-0.2, -0.15) is 0 Å². The molecule has 5 heteroatoms. The molecule has 1 aromatic rings. The standard InChI is InChI=1S/C12H14ClNO3/c1-3-17-12(15)5-4-8-6-11(16-2)10(14)7-9(8)13/h4-7H,3,14H2,1-2H3. The van der Waals surface area contributed by atoms with Gasteiger partial charge in [-0.3, -0.25) is 0 Å². The summed E-state index contributed by atoms with van der Waals surface area (Å²) in [6.07, 6.45) is 2.86. The van der Waals surface area contributed by atoms with Gasteiger partial charge in [0.25, 0.3) is 0 Å². The third kappa shape index (κ3) is 3.67. The van der Waals surface area contributed by atoms with Crippen molar-refractivity contribution in [1.29, 1.82) is 0 Å². The van der Waals surface area contributed by atoms with Crippen molar-refractivity contribution in [1.82, 2.24) is 0 Å². The molecule has 17 heavy (non-hydrogen) atoms. The van der Waals surface area contributed by atoms with Crippen molar-refractivity contribution in [3.63, 3.8) is 0 Å². The lowest BCUT2D eigenvalue weighted by Gasteiger charge is -2.07. The molecule has 0 fully saturated rings. The molecule has 0 heterocycles. The number of halogens is 1. The third-order valence-electron chi connectivity index (χ3n) is 2.03. The van der Waals surface area contributed by atoms with Gasteiger partial charge in [0.15, 0.2) is 0 Å². The van der Waals surface area contributed by atoms with Crippen molar-refractivity contribution in [3.8, 4) is 5.75 Å². The van der Waals surface area contributed by atoms with Crippen LogP contribution in [0.1, 0.15) is 12.5 Å². The smallest absolute Gasteiger partial charge is 0.330 e. The number of esters is 1. The molecular formula is C12H14ClNO3. The van der Waals surface area contributed by atoms with Crippen LogP contribution in [0.2, 0.25) is 5.02 Å². The first-order valence-corrected chi connectivity index (χ1v) is 5.44. The largest absolute Gasteiger partial charge is 0.495 e. The van der Waals surface area contributed by atoms with Crippen molar-refractivity contribution in [3.05, 3.63) is 28.8 Å². The lowest BCUT2D eigenvalue weighted by Crippen LogP contribution is -1.99. The Bertz CT molecular complexity index is 444. The molecule has 2 N–H and O–H groups in total. The number of nitrogens with two attached hydrogens (primary N) is 1. The Morgan fingerprint density at radius 3 is 2.82 bits per heavy atom. The fraction of sp³-hybridized carbons (Fsp3) is 0.250. The van der Waals surface area contributed by atoms with Gasteiger partial charge in [-0.15, -0.1) is 0 Å². The second kappa shape index (κ2) is 6.15. The Hall–Kier alpha value is -1.68. The minimum atomic E-state index is -0.417. The Kier molecular flexibility index (Phi) is 4.84. The van der Waals surface area contributed by atoms with E-state index in [-0.39, 0.29) is 0 Å². The summed E-state index contributed by atoms with van der Waals surface area (Å²) in [6, 6.07) is 3.23. The van der Waals surface area contributed by atoms with Crippen molar-refractivity contribution in [2.24, 2.45) is 0 Å². The molecule has 0 aliphatic rings. The number of hydrogen-bond acceptors (Lipinski definition) is 4. The first-order valence-electron chi connectivity index (χ1n) is 5.06. The molecule has 1 rings (SSSR count). The summed E-state index contributed by atoms with van der Waals surface area (Å²) in [6.45, 7) is 2.08. The zero-order valence-electron chi connectivity index (χ0n) is 9.70. The van der Waals surface area contributed by atoms with E-state index in [1.165, 1.54) is 13.2 Å². The number of nitrogen functional groups attached to an aromatic ring is 1. The molecule has 0 aromatic heterocycles. The lowest BCUT2D eigenvalue weighted by molar-refractivity contribution is -0.137. The summed E-state index contributed by atoms with van der Waals surface area (Å²) in [5.74, 6) is 0.0947. The monoisotopic (exact) mass is 255 g/mol. The van der Waals surface area contributed by atoms with E-state index in [0.29, 0.717) is 28.6 Å². The van der Waals surface area contributed by atoms with Crippen molar-refractivity contribution in [2.45, 2.75) is 6.92 Å². The van der Waals surface area contributed by atoms with Crippen LogP contribution >= 0.6 is 11.6 Å². The maximum absolute atomic E-state index is 11.1. The van der Waals surface area contributed by atoms with Gasteiger partial charge in [-0.25, -0.2) is 4.79 Å². The number of carbonyl (C=O) groups excluding carboxylic acids is 1. The second-order valence-electron chi connectivity index (χ2n) is 3.20. The molecule has 92 valence electrons. The summed E-state index contributed by atoms with van der Waals surface area (Å²) in [5, 5.41) is 0.448. The predicted octanol–water partition coefficient (Wildman–Crippen LogP) is 2.51. The highest BCUT2D eigenvalue weighted by Gasteiger charge is 2.05. The predicted molar refractivity (Wildman–Crippen MR) is 68.1 cm³/mol. The summed E-state index contributed by atoms with van der Waals surface area (Å²) in [5.41, 5.74) is 6.77. The summed E-state index contributed by atoms with van der Waals surface area (Å²) in [7, 11) is 1.51. The number of benzene rings is 1. The Labute approximate surface area is 105 Å². The normalized spacial score (nSPS) is 10.5. The average molecular weight is 256 g/mol. The van der Waals surface area contributed by atoms with Gasteiger partial charge < -0.3 is 15.2 Å². The number of hydrogen-bond donors (Lipinski definition) is 1. The number of ether oxygens (including phenoxy) is 2. The van der Waals surface area contributed by atoms with Crippen LogP contribution in [0.4, 0.5) is 5.69 Å². The molecule has 0 atom stereocenters. The quantitative estimate of drug-likeness (QED) is 0.510. The van der Waals surface area contributed by atoms with E-state index in [1.54, 1.807) is 25.1 Å². The van der Waals surface area contributed by atoms with E-state index in [0.717, 1.165) is 0 Å². The first-order chi connectivity index (χ1) is 8.08. The van der Waals surface area contributed by atoms with Gasteiger partial charge in [0.2, 0.25) is 0 Å². The Morgan fingerprint density at radius 2 is 2.24 bits per heavy atom. The maximum Gasteiger partial charge on any atom is 0.330 e. The van der Waals surface area contributed by atoms with Crippen LogP contribution in [0.25, 0.3) is 6.08 Å². The molecule has 0 bridgehead atoms. The topological polar surface area (TPSA) is 61.5 Å². The third-order valence-corrected chi connectivity index (χ3v) is 2.36. The van der Waals surface area contributed by atoms with Crippen LogP contribution in [0, 0.1) is 0 Å². The van der Waals surface area contributed by atoms with Crippen LogP contribution < -0.4 is 10.5 Å². The number of anilines is 1.